The first kappa shape index (κ1) is 20.5. The number of nitrogens with zero attached hydrogens (tertiary/aromatic N) is 1. The van der Waals surface area contributed by atoms with Crippen molar-refractivity contribution < 1.29 is 18.0 Å². The van der Waals surface area contributed by atoms with Crippen LogP contribution in [0, 0.1) is 0 Å². The van der Waals surface area contributed by atoms with Gasteiger partial charge in [-0.15, -0.1) is 11.3 Å². The number of anilines is 1. The number of sulfonamides is 1. The lowest BCUT2D eigenvalue weighted by Crippen LogP contribution is -2.46. The number of hydrogen-bond donors (Lipinski definition) is 2. The summed E-state index contributed by atoms with van der Waals surface area (Å²) in [5.41, 5.74) is 0.545. The Morgan fingerprint density at radius 3 is 2.39 bits per heavy atom. The zero-order valence-electron chi connectivity index (χ0n) is 15.6. The molecule has 0 radical (unpaired) electrons. The van der Waals surface area contributed by atoms with E-state index in [-0.39, 0.29) is 22.8 Å². The van der Waals surface area contributed by atoms with Crippen LogP contribution in [0.2, 0.25) is 0 Å². The number of carbonyl (C=O) groups is 2. The quantitative estimate of drug-likeness (QED) is 0.748. The van der Waals surface area contributed by atoms with Crippen LogP contribution < -0.4 is 10.0 Å². The lowest BCUT2D eigenvalue weighted by molar-refractivity contribution is -0.131. The molecule has 0 atom stereocenters. The molecule has 1 aliphatic rings. The highest BCUT2D eigenvalue weighted by Crippen LogP contribution is 2.18. The number of likely N-dealkylation sites (tertiary alicyclic amines) is 1. The summed E-state index contributed by atoms with van der Waals surface area (Å²) in [5.74, 6) is -0.133. The molecule has 1 aromatic carbocycles. The highest BCUT2D eigenvalue weighted by Gasteiger charge is 2.26. The van der Waals surface area contributed by atoms with Crippen LogP contribution in [-0.4, -0.2) is 44.3 Å². The van der Waals surface area contributed by atoms with Crippen molar-refractivity contribution in [2.24, 2.45) is 0 Å². The van der Waals surface area contributed by atoms with Crippen molar-refractivity contribution in [2.75, 3.05) is 18.4 Å². The van der Waals surface area contributed by atoms with E-state index in [1.165, 1.54) is 19.1 Å². The Bertz CT molecular complexity index is 917. The van der Waals surface area contributed by atoms with E-state index in [4.69, 9.17) is 0 Å². The zero-order chi connectivity index (χ0) is 20.1. The molecule has 0 saturated carbocycles. The molecule has 1 aliphatic heterocycles. The van der Waals surface area contributed by atoms with Crippen molar-refractivity contribution in [1.29, 1.82) is 0 Å². The Labute approximate surface area is 168 Å². The van der Waals surface area contributed by atoms with E-state index in [1.54, 1.807) is 28.4 Å². The van der Waals surface area contributed by atoms with Crippen molar-refractivity contribution in [3.63, 3.8) is 0 Å². The van der Waals surface area contributed by atoms with Gasteiger partial charge in [-0.3, -0.25) is 9.59 Å². The Morgan fingerprint density at radius 2 is 1.82 bits per heavy atom. The number of piperidine rings is 1. The maximum Gasteiger partial charge on any atom is 0.240 e. The fraction of sp³-hybridized carbons (Fsp3) is 0.368. The van der Waals surface area contributed by atoms with Crippen LogP contribution in [0.3, 0.4) is 0 Å². The molecule has 28 heavy (non-hydrogen) atoms. The first-order chi connectivity index (χ1) is 13.3. The van der Waals surface area contributed by atoms with Crippen molar-refractivity contribution in [2.45, 2.75) is 37.1 Å². The lowest BCUT2D eigenvalue weighted by Gasteiger charge is -2.32. The smallest absolute Gasteiger partial charge is 0.240 e. The van der Waals surface area contributed by atoms with E-state index in [0.29, 0.717) is 38.0 Å². The summed E-state index contributed by atoms with van der Waals surface area (Å²) in [6.45, 7) is 2.47. The third kappa shape index (κ3) is 5.40. The summed E-state index contributed by atoms with van der Waals surface area (Å²) in [5, 5.41) is 4.56. The molecule has 2 N–H and O–H groups in total. The van der Waals surface area contributed by atoms with Gasteiger partial charge in [0, 0.05) is 36.6 Å². The normalized spacial score (nSPS) is 15.4. The molecule has 1 aromatic heterocycles. The van der Waals surface area contributed by atoms with Gasteiger partial charge >= 0.3 is 0 Å². The fourth-order valence-electron chi connectivity index (χ4n) is 3.13. The summed E-state index contributed by atoms with van der Waals surface area (Å²) in [6.07, 6.45) is 1.56. The monoisotopic (exact) mass is 421 g/mol. The van der Waals surface area contributed by atoms with Gasteiger partial charge < -0.3 is 10.2 Å². The van der Waals surface area contributed by atoms with E-state index in [9.17, 15) is 18.0 Å². The minimum absolute atomic E-state index is 0.0808. The molecule has 2 heterocycles. The van der Waals surface area contributed by atoms with Gasteiger partial charge in [0.15, 0.2) is 0 Å². The number of carbonyl (C=O) groups excluding carboxylic acids is 2. The number of amides is 2. The topological polar surface area (TPSA) is 95.6 Å². The number of thiophene rings is 1. The Hall–Kier alpha value is -2.23. The molecule has 0 spiro atoms. The molecule has 2 amide bonds. The van der Waals surface area contributed by atoms with Crippen molar-refractivity contribution in [3.05, 3.63) is 46.7 Å². The van der Waals surface area contributed by atoms with Crippen LogP contribution in [-0.2, 0) is 26.0 Å². The summed E-state index contributed by atoms with van der Waals surface area (Å²) in [4.78, 5) is 26.4. The number of nitrogens with one attached hydrogen (secondary N) is 2. The SMILES string of the molecule is CC(=O)Nc1ccc(S(=O)(=O)NC2CCN(C(=O)Cc3cccs3)CC2)cc1. The average Bonchev–Trinajstić information content (AvgIpc) is 3.15. The molecule has 2 aromatic rings. The highest BCUT2D eigenvalue weighted by molar-refractivity contribution is 7.89. The molecule has 7 nitrogen and oxygen atoms in total. The van der Waals surface area contributed by atoms with E-state index in [1.807, 2.05) is 17.5 Å². The van der Waals surface area contributed by atoms with E-state index in [2.05, 4.69) is 10.0 Å². The average molecular weight is 422 g/mol. The third-order valence-electron chi connectivity index (χ3n) is 4.56. The summed E-state index contributed by atoms with van der Waals surface area (Å²) < 4.78 is 27.9. The third-order valence-corrected chi connectivity index (χ3v) is 6.97. The molecule has 0 bridgehead atoms. The second kappa shape index (κ2) is 8.85. The molecule has 150 valence electrons. The van der Waals surface area contributed by atoms with E-state index < -0.39 is 10.0 Å². The predicted octanol–water partition coefficient (Wildman–Crippen LogP) is 2.22. The van der Waals surface area contributed by atoms with Gasteiger partial charge in [-0.2, -0.15) is 0 Å². The Morgan fingerprint density at radius 1 is 1.14 bits per heavy atom. The lowest BCUT2D eigenvalue weighted by atomic mass is 10.1. The van der Waals surface area contributed by atoms with Gasteiger partial charge in [0.1, 0.15) is 0 Å². The van der Waals surface area contributed by atoms with E-state index >= 15 is 0 Å². The van der Waals surface area contributed by atoms with Gasteiger partial charge in [0.25, 0.3) is 0 Å². The van der Waals surface area contributed by atoms with Crippen molar-refractivity contribution in [1.82, 2.24) is 9.62 Å². The van der Waals surface area contributed by atoms with Crippen molar-refractivity contribution >= 4 is 38.9 Å². The molecule has 1 fully saturated rings. The van der Waals surface area contributed by atoms with Crippen LogP contribution in [0.1, 0.15) is 24.6 Å². The van der Waals surface area contributed by atoms with Gasteiger partial charge in [-0.05, 0) is 48.6 Å². The Balaban J connectivity index is 1.53. The van der Waals surface area contributed by atoms with Gasteiger partial charge in [-0.25, -0.2) is 13.1 Å². The maximum absolute atomic E-state index is 12.6. The summed E-state index contributed by atoms with van der Waals surface area (Å²) >= 11 is 1.56. The fourth-order valence-corrected chi connectivity index (χ4v) is 5.13. The molecule has 0 aliphatic carbocycles. The van der Waals surface area contributed by atoms with Gasteiger partial charge in [0.2, 0.25) is 21.8 Å². The van der Waals surface area contributed by atoms with Crippen molar-refractivity contribution in [3.8, 4) is 0 Å². The largest absolute Gasteiger partial charge is 0.342 e. The number of rotatable bonds is 6. The van der Waals surface area contributed by atoms with Crippen LogP contribution in [0.4, 0.5) is 5.69 Å². The minimum atomic E-state index is -3.65. The molecule has 3 rings (SSSR count). The van der Waals surface area contributed by atoms with Gasteiger partial charge in [0.05, 0.1) is 11.3 Å². The van der Waals surface area contributed by atoms with Crippen LogP contribution in [0.25, 0.3) is 0 Å². The minimum Gasteiger partial charge on any atom is -0.342 e. The van der Waals surface area contributed by atoms with Crippen LogP contribution in [0.15, 0.2) is 46.7 Å². The summed E-state index contributed by atoms with van der Waals surface area (Å²) in [7, 11) is -3.65. The van der Waals surface area contributed by atoms with Gasteiger partial charge in [-0.1, -0.05) is 6.07 Å². The molecular weight excluding hydrogens is 398 g/mol. The highest BCUT2D eigenvalue weighted by atomic mass is 32.2. The second-order valence-electron chi connectivity index (χ2n) is 6.74. The number of hydrogen-bond acceptors (Lipinski definition) is 5. The predicted molar refractivity (Wildman–Crippen MR) is 109 cm³/mol. The first-order valence-corrected chi connectivity index (χ1v) is 11.4. The van der Waals surface area contributed by atoms with E-state index in [0.717, 1.165) is 4.88 Å². The zero-order valence-corrected chi connectivity index (χ0v) is 17.2. The summed E-state index contributed by atoms with van der Waals surface area (Å²) in [6, 6.07) is 9.72. The molecule has 1 saturated heterocycles. The van der Waals surface area contributed by atoms with Crippen LogP contribution in [0.5, 0.6) is 0 Å². The molecule has 0 unspecified atom stereocenters. The maximum atomic E-state index is 12.6. The number of benzene rings is 1. The van der Waals surface area contributed by atoms with Crippen LogP contribution >= 0.6 is 11.3 Å². The second-order valence-corrected chi connectivity index (χ2v) is 9.48. The first-order valence-electron chi connectivity index (χ1n) is 9.03. The standard InChI is InChI=1S/C19H23N3O4S2/c1-14(23)20-15-4-6-18(7-5-15)28(25,26)21-16-8-10-22(11-9-16)19(24)13-17-3-2-12-27-17/h2-7,12,16,21H,8-11,13H2,1H3,(H,20,23). The Kier molecular flexibility index (Phi) is 6.48. The molecular formula is C19H23N3O4S2. The molecule has 9 heteroatoms.